The molecule has 10 heteroatoms. The first-order valence-corrected chi connectivity index (χ1v) is 15.7. The third kappa shape index (κ3) is 4.99. The zero-order chi connectivity index (χ0) is 31.3. The average molecular weight is 608 g/mol. The number of anilines is 1. The van der Waals surface area contributed by atoms with E-state index in [1.807, 2.05) is 7.05 Å². The lowest BCUT2D eigenvalue weighted by molar-refractivity contribution is -0.128. The molecule has 3 aliphatic rings. The summed E-state index contributed by atoms with van der Waals surface area (Å²) in [5, 5.41) is 12.8. The largest absolute Gasteiger partial charge is 0.461 e. The lowest BCUT2D eigenvalue weighted by atomic mass is 9.95. The molecule has 7 rings (SSSR count). The van der Waals surface area contributed by atoms with Crippen LogP contribution in [0.3, 0.4) is 0 Å². The molecule has 232 valence electrons. The first kappa shape index (κ1) is 29.2. The van der Waals surface area contributed by atoms with Gasteiger partial charge < -0.3 is 19.1 Å². The number of ether oxygens (including phenoxy) is 1. The highest BCUT2D eigenvalue weighted by atomic mass is 19.1. The minimum Gasteiger partial charge on any atom is -0.461 e. The van der Waals surface area contributed by atoms with Crippen LogP contribution in [0.15, 0.2) is 55.1 Å². The Balaban J connectivity index is 1.33. The van der Waals surface area contributed by atoms with Gasteiger partial charge in [0.15, 0.2) is 0 Å². The molecular weight excluding hydrogens is 569 g/mol. The third-order valence-electron chi connectivity index (χ3n) is 10.0. The monoisotopic (exact) mass is 607 g/mol. The predicted octanol–water partition coefficient (Wildman–Crippen LogP) is 5.17. The van der Waals surface area contributed by atoms with Gasteiger partial charge in [0.25, 0.3) is 0 Å². The summed E-state index contributed by atoms with van der Waals surface area (Å²) in [7, 11) is 2.01. The molecule has 3 atom stereocenters. The van der Waals surface area contributed by atoms with Crippen molar-refractivity contribution < 1.29 is 13.9 Å². The number of benzene rings is 2. The summed E-state index contributed by atoms with van der Waals surface area (Å²) < 4.78 is 23.0. The standard InChI is InChI=1S/C35H38FN7O2/c1-4-30(44)43-17-16-41(21-26(43)12-14-37)33-28-18-29(27-11-6-10-24-9-5-8-23(2)31(24)27)40(3)32(28)38-34(39-33)45-22-35-13-7-15-42(35)20-25(36)19-35/h4-6,8-11,18,25-26H,1,7,12-13,15-17,19-22H2,2-3H3/t25-,26+,35+/m1/s1. The van der Waals surface area contributed by atoms with Gasteiger partial charge in [-0.05, 0) is 54.8 Å². The highest BCUT2D eigenvalue weighted by Crippen LogP contribution is 2.41. The molecule has 1 amide bonds. The molecule has 2 aromatic carbocycles. The molecular formula is C35H38FN7O2. The van der Waals surface area contributed by atoms with Crippen molar-refractivity contribution in [3.05, 3.63) is 60.7 Å². The summed E-state index contributed by atoms with van der Waals surface area (Å²) in [6.07, 6.45) is 3.05. The van der Waals surface area contributed by atoms with Gasteiger partial charge in [-0.15, -0.1) is 0 Å². The molecule has 4 aromatic rings. The summed E-state index contributed by atoms with van der Waals surface area (Å²) in [5.41, 5.74) is 3.69. The normalized spacial score (nSPS) is 23.4. The first-order valence-electron chi connectivity index (χ1n) is 15.7. The molecule has 0 radical (unpaired) electrons. The van der Waals surface area contributed by atoms with Gasteiger partial charge in [-0.1, -0.05) is 43.0 Å². The van der Waals surface area contributed by atoms with Gasteiger partial charge in [-0.2, -0.15) is 15.2 Å². The second kappa shape index (κ2) is 11.5. The maximum Gasteiger partial charge on any atom is 0.320 e. The third-order valence-corrected chi connectivity index (χ3v) is 10.0. The van der Waals surface area contributed by atoms with E-state index >= 15 is 0 Å². The minimum atomic E-state index is -0.848. The van der Waals surface area contributed by atoms with Gasteiger partial charge in [-0.25, -0.2) is 4.39 Å². The van der Waals surface area contributed by atoms with Crippen molar-refractivity contribution in [1.82, 2.24) is 24.3 Å². The summed E-state index contributed by atoms with van der Waals surface area (Å²) in [6.45, 7) is 8.86. The van der Waals surface area contributed by atoms with Crippen LogP contribution in [0.1, 0.15) is 31.2 Å². The highest BCUT2D eigenvalue weighted by molar-refractivity contribution is 6.02. The van der Waals surface area contributed by atoms with E-state index in [-0.39, 0.29) is 29.9 Å². The van der Waals surface area contributed by atoms with Crippen LogP contribution in [0.25, 0.3) is 33.1 Å². The van der Waals surface area contributed by atoms with Crippen molar-refractivity contribution in [2.75, 3.05) is 44.2 Å². The van der Waals surface area contributed by atoms with Crippen LogP contribution in [0, 0.1) is 18.3 Å². The fraction of sp³-hybridized carbons (Fsp3) is 0.429. The number of aryl methyl sites for hydroxylation is 2. The number of fused-ring (bicyclic) bond motifs is 3. The highest BCUT2D eigenvalue weighted by Gasteiger charge is 2.49. The van der Waals surface area contributed by atoms with Crippen molar-refractivity contribution in [3.63, 3.8) is 0 Å². The Morgan fingerprint density at radius 1 is 1.20 bits per heavy atom. The van der Waals surface area contributed by atoms with E-state index in [1.54, 1.807) is 4.90 Å². The molecule has 9 nitrogen and oxygen atoms in total. The number of alkyl halides is 1. The number of piperazine rings is 1. The van der Waals surface area contributed by atoms with Crippen LogP contribution in [0.5, 0.6) is 6.01 Å². The SMILES string of the molecule is C=CC(=O)N1CCN(c2nc(OC[C@@]34CCCN3C[C@H](F)C4)nc3c2cc(-c2cccc4cccc(C)c24)n3C)C[C@@H]1CC#N. The molecule has 3 fully saturated rings. The number of rotatable bonds is 7. The van der Waals surface area contributed by atoms with E-state index < -0.39 is 6.17 Å². The van der Waals surface area contributed by atoms with Crippen molar-refractivity contribution >= 4 is 33.5 Å². The number of halogens is 1. The van der Waals surface area contributed by atoms with Gasteiger partial charge in [0.2, 0.25) is 5.91 Å². The van der Waals surface area contributed by atoms with Crippen molar-refractivity contribution in [1.29, 1.82) is 5.26 Å². The van der Waals surface area contributed by atoms with Gasteiger partial charge >= 0.3 is 6.01 Å². The van der Waals surface area contributed by atoms with Gasteiger partial charge in [-0.3, -0.25) is 9.69 Å². The van der Waals surface area contributed by atoms with Crippen LogP contribution in [0.4, 0.5) is 10.2 Å². The van der Waals surface area contributed by atoms with Gasteiger partial charge in [0.1, 0.15) is 24.2 Å². The molecule has 0 bridgehead atoms. The number of aromatic nitrogens is 3. The molecule has 0 spiro atoms. The fourth-order valence-corrected chi connectivity index (χ4v) is 7.85. The molecule has 0 unspecified atom stereocenters. The number of carbonyl (C=O) groups is 1. The van der Waals surface area contributed by atoms with Crippen LogP contribution in [-0.2, 0) is 11.8 Å². The molecule has 3 saturated heterocycles. The predicted molar refractivity (Wildman–Crippen MR) is 173 cm³/mol. The average Bonchev–Trinajstić information content (AvgIpc) is 3.69. The number of amides is 1. The lowest BCUT2D eigenvalue weighted by Gasteiger charge is -2.41. The van der Waals surface area contributed by atoms with E-state index in [0.29, 0.717) is 45.0 Å². The molecule has 0 N–H and O–H groups in total. The smallest absolute Gasteiger partial charge is 0.320 e. The lowest BCUT2D eigenvalue weighted by Crippen LogP contribution is -2.55. The fourth-order valence-electron chi connectivity index (χ4n) is 7.85. The van der Waals surface area contributed by atoms with E-state index in [1.165, 1.54) is 22.4 Å². The second-order valence-electron chi connectivity index (χ2n) is 12.7. The van der Waals surface area contributed by atoms with Crippen LogP contribution in [-0.4, -0.2) is 87.3 Å². The Hall–Kier alpha value is -4.49. The number of hydrogen-bond donors (Lipinski definition) is 0. The van der Waals surface area contributed by atoms with Crippen LogP contribution >= 0.6 is 0 Å². The Bertz CT molecular complexity index is 1840. The minimum absolute atomic E-state index is 0.178. The van der Waals surface area contributed by atoms with E-state index in [0.717, 1.165) is 41.7 Å². The van der Waals surface area contributed by atoms with Gasteiger partial charge in [0.05, 0.1) is 35.2 Å². The van der Waals surface area contributed by atoms with Crippen molar-refractivity contribution in [2.45, 2.75) is 50.4 Å². The second-order valence-corrected chi connectivity index (χ2v) is 12.7. The maximum absolute atomic E-state index is 14.5. The topological polar surface area (TPSA) is 90.5 Å². The summed E-state index contributed by atoms with van der Waals surface area (Å²) in [6, 6.07) is 17.0. The van der Waals surface area contributed by atoms with E-state index in [4.69, 9.17) is 14.7 Å². The van der Waals surface area contributed by atoms with E-state index in [2.05, 4.69) is 76.4 Å². The van der Waals surface area contributed by atoms with Crippen LogP contribution < -0.4 is 9.64 Å². The van der Waals surface area contributed by atoms with Crippen molar-refractivity contribution in [3.8, 4) is 23.3 Å². The summed E-state index contributed by atoms with van der Waals surface area (Å²) in [4.78, 5) is 28.6. The summed E-state index contributed by atoms with van der Waals surface area (Å²) in [5.74, 6) is 0.529. The number of hydrogen-bond acceptors (Lipinski definition) is 7. The molecule has 0 aliphatic carbocycles. The number of nitrogens with zero attached hydrogens (tertiary/aromatic N) is 7. The Morgan fingerprint density at radius 2 is 2.02 bits per heavy atom. The molecule has 5 heterocycles. The molecule has 45 heavy (non-hydrogen) atoms. The molecule has 3 aliphatic heterocycles. The first-order chi connectivity index (χ1) is 21.8. The van der Waals surface area contributed by atoms with Crippen molar-refractivity contribution in [2.24, 2.45) is 7.05 Å². The summed E-state index contributed by atoms with van der Waals surface area (Å²) >= 11 is 0. The number of nitriles is 1. The molecule has 0 saturated carbocycles. The molecule has 2 aromatic heterocycles. The zero-order valence-corrected chi connectivity index (χ0v) is 25.9. The Kier molecular flexibility index (Phi) is 7.44. The Labute approximate surface area is 262 Å². The van der Waals surface area contributed by atoms with Crippen LogP contribution in [0.2, 0.25) is 0 Å². The van der Waals surface area contributed by atoms with E-state index in [9.17, 15) is 14.4 Å². The van der Waals surface area contributed by atoms with Gasteiger partial charge in [0, 0.05) is 45.2 Å². The Morgan fingerprint density at radius 3 is 2.82 bits per heavy atom. The zero-order valence-electron chi connectivity index (χ0n) is 25.9. The number of carbonyl (C=O) groups excluding carboxylic acids is 1. The quantitative estimate of drug-likeness (QED) is 0.268. The maximum atomic E-state index is 14.5.